The van der Waals surface area contributed by atoms with E-state index in [1.54, 1.807) is 24.3 Å². The molecule has 1 fully saturated rings. The Hall–Kier alpha value is -4.43. The number of imide groups is 2. The zero-order valence-electron chi connectivity index (χ0n) is 23.2. The molecule has 1 heterocycles. The molecule has 0 unspecified atom stereocenters. The first kappa shape index (κ1) is 28.1. The number of nitrogens with zero attached hydrogens (tertiary/aromatic N) is 1. The molecule has 4 aromatic carbocycles. The number of carbonyl (C=O) groups is 3. The summed E-state index contributed by atoms with van der Waals surface area (Å²) < 4.78 is 12.8. The van der Waals surface area contributed by atoms with Gasteiger partial charge >= 0.3 is 6.03 Å². The molecule has 4 aromatic rings. The largest absolute Gasteiger partial charge is 0.490 e. The van der Waals surface area contributed by atoms with Gasteiger partial charge in [-0.25, -0.2) is 9.69 Å². The highest BCUT2D eigenvalue weighted by atomic mass is 79.9. The molecule has 0 saturated carbocycles. The Bertz CT molecular complexity index is 1740. The number of barbiturate groups is 1. The second-order valence-electron chi connectivity index (χ2n) is 9.86. The van der Waals surface area contributed by atoms with Crippen molar-refractivity contribution in [1.29, 1.82) is 0 Å². The monoisotopic (exact) mass is 612 g/mol. The van der Waals surface area contributed by atoms with E-state index in [1.807, 2.05) is 39.0 Å². The summed E-state index contributed by atoms with van der Waals surface area (Å²) >= 11 is 3.59. The number of anilines is 1. The van der Waals surface area contributed by atoms with Gasteiger partial charge in [-0.1, -0.05) is 42.5 Å². The summed E-state index contributed by atoms with van der Waals surface area (Å²) in [6, 6.07) is 20.3. The zero-order valence-corrected chi connectivity index (χ0v) is 24.8. The Balaban J connectivity index is 1.48. The number of aryl methyl sites for hydroxylation is 3. The van der Waals surface area contributed by atoms with Crippen molar-refractivity contribution in [2.45, 2.75) is 34.3 Å². The van der Waals surface area contributed by atoms with Crippen LogP contribution in [0.25, 0.3) is 16.8 Å². The van der Waals surface area contributed by atoms with Crippen molar-refractivity contribution in [2.24, 2.45) is 0 Å². The predicted molar refractivity (Wildman–Crippen MR) is 163 cm³/mol. The lowest BCUT2D eigenvalue weighted by molar-refractivity contribution is -0.122. The Morgan fingerprint density at radius 2 is 1.63 bits per heavy atom. The number of amides is 4. The fourth-order valence-corrected chi connectivity index (χ4v) is 5.35. The van der Waals surface area contributed by atoms with Gasteiger partial charge in [0.25, 0.3) is 11.8 Å². The highest BCUT2D eigenvalue weighted by Gasteiger charge is 2.37. The fourth-order valence-electron chi connectivity index (χ4n) is 4.78. The molecule has 208 valence electrons. The summed E-state index contributed by atoms with van der Waals surface area (Å²) in [6.07, 6.45) is 1.45. The molecule has 1 N–H and O–H groups in total. The number of hydrogen-bond donors (Lipinski definition) is 1. The van der Waals surface area contributed by atoms with Crippen LogP contribution < -0.4 is 19.7 Å². The van der Waals surface area contributed by atoms with Gasteiger partial charge in [-0.15, -0.1) is 0 Å². The molecule has 0 spiro atoms. The maximum atomic E-state index is 13.4. The van der Waals surface area contributed by atoms with Crippen molar-refractivity contribution in [3.8, 4) is 11.5 Å². The van der Waals surface area contributed by atoms with E-state index in [0.29, 0.717) is 40.4 Å². The van der Waals surface area contributed by atoms with Crippen LogP contribution >= 0.6 is 15.9 Å². The number of halogens is 1. The first-order chi connectivity index (χ1) is 19.7. The van der Waals surface area contributed by atoms with Gasteiger partial charge in [-0.05, 0) is 107 Å². The van der Waals surface area contributed by atoms with Gasteiger partial charge in [0.15, 0.2) is 11.5 Å². The average molecular weight is 614 g/mol. The minimum atomic E-state index is -0.788. The number of carbonyl (C=O) groups excluding carboxylic acids is 3. The number of urea groups is 1. The van der Waals surface area contributed by atoms with E-state index >= 15 is 0 Å². The molecule has 1 saturated heterocycles. The molecule has 41 heavy (non-hydrogen) atoms. The molecule has 0 bridgehead atoms. The van der Waals surface area contributed by atoms with Gasteiger partial charge in [-0.3, -0.25) is 14.9 Å². The van der Waals surface area contributed by atoms with Crippen LogP contribution in [0.1, 0.15) is 34.7 Å². The lowest BCUT2D eigenvalue weighted by atomic mass is 10.0. The molecular formula is C33H29BrN2O5. The second kappa shape index (κ2) is 11.6. The fraction of sp³-hybridized carbons (Fsp3) is 0.182. The second-order valence-corrected chi connectivity index (χ2v) is 10.7. The van der Waals surface area contributed by atoms with E-state index in [-0.39, 0.29) is 5.57 Å². The highest BCUT2D eigenvalue weighted by Crippen LogP contribution is 2.39. The van der Waals surface area contributed by atoms with Crippen molar-refractivity contribution in [2.75, 3.05) is 11.5 Å². The Morgan fingerprint density at radius 3 is 2.39 bits per heavy atom. The summed E-state index contributed by atoms with van der Waals surface area (Å²) in [5.74, 6) is -0.506. The summed E-state index contributed by atoms with van der Waals surface area (Å²) in [7, 11) is 0. The van der Waals surface area contributed by atoms with Crippen LogP contribution in [0.5, 0.6) is 11.5 Å². The smallest absolute Gasteiger partial charge is 0.335 e. The van der Waals surface area contributed by atoms with E-state index in [0.717, 1.165) is 37.9 Å². The molecule has 0 aromatic heterocycles. The number of rotatable bonds is 7. The predicted octanol–water partition coefficient (Wildman–Crippen LogP) is 7.17. The van der Waals surface area contributed by atoms with Crippen LogP contribution in [0.15, 0.2) is 76.8 Å². The van der Waals surface area contributed by atoms with Gasteiger partial charge in [-0.2, -0.15) is 0 Å². The number of benzene rings is 4. The normalized spacial score (nSPS) is 14.5. The lowest BCUT2D eigenvalue weighted by Gasteiger charge is -2.27. The molecular weight excluding hydrogens is 584 g/mol. The summed E-state index contributed by atoms with van der Waals surface area (Å²) in [4.78, 5) is 39.8. The minimum absolute atomic E-state index is 0.169. The van der Waals surface area contributed by atoms with Gasteiger partial charge in [0.2, 0.25) is 0 Å². The molecule has 1 aliphatic rings. The quantitative estimate of drug-likeness (QED) is 0.177. The molecule has 5 rings (SSSR count). The van der Waals surface area contributed by atoms with Crippen molar-refractivity contribution >= 4 is 56.3 Å². The van der Waals surface area contributed by atoms with E-state index < -0.39 is 17.8 Å². The van der Waals surface area contributed by atoms with Crippen LogP contribution in [0, 0.1) is 20.8 Å². The first-order valence-corrected chi connectivity index (χ1v) is 14.0. The molecule has 7 nitrogen and oxygen atoms in total. The van der Waals surface area contributed by atoms with Crippen LogP contribution in [0.4, 0.5) is 10.5 Å². The van der Waals surface area contributed by atoms with E-state index in [1.165, 1.54) is 6.08 Å². The van der Waals surface area contributed by atoms with E-state index in [9.17, 15) is 14.4 Å². The SMILES string of the molecule is CCOc1cc(/C=C2\C(=O)NC(=O)N(c3ccc(C)c(C)c3)C2=O)cc(Br)c1OCc1c(C)ccc2ccccc12. The van der Waals surface area contributed by atoms with Crippen molar-refractivity contribution in [1.82, 2.24) is 5.32 Å². The summed E-state index contributed by atoms with van der Waals surface area (Å²) in [6.45, 7) is 8.45. The topological polar surface area (TPSA) is 84.9 Å². The van der Waals surface area contributed by atoms with Crippen LogP contribution in [0.3, 0.4) is 0 Å². The Kier molecular flexibility index (Phi) is 7.94. The lowest BCUT2D eigenvalue weighted by Crippen LogP contribution is -2.54. The van der Waals surface area contributed by atoms with Crippen molar-refractivity contribution < 1.29 is 23.9 Å². The van der Waals surface area contributed by atoms with E-state index in [4.69, 9.17) is 9.47 Å². The Labute approximate surface area is 246 Å². The third-order valence-electron chi connectivity index (χ3n) is 7.13. The molecule has 1 aliphatic heterocycles. The number of hydrogen-bond acceptors (Lipinski definition) is 5. The molecule has 8 heteroatoms. The van der Waals surface area contributed by atoms with Crippen molar-refractivity contribution in [3.63, 3.8) is 0 Å². The number of nitrogens with one attached hydrogen (secondary N) is 1. The summed E-state index contributed by atoms with van der Waals surface area (Å²) in [5, 5.41) is 4.53. The average Bonchev–Trinajstić information content (AvgIpc) is 2.93. The number of fused-ring (bicyclic) bond motifs is 1. The minimum Gasteiger partial charge on any atom is -0.490 e. The third kappa shape index (κ3) is 5.60. The maximum absolute atomic E-state index is 13.4. The molecule has 0 radical (unpaired) electrons. The zero-order chi connectivity index (χ0) is 29.3. The first-order valence-electron chi connectivity index (χ1n) is 13.2. The van der Waals surface area contributed by atoms with Crippen LogP contribution in [-0.4, -0.2) is 24.5 Å². The number of ether oxygens (including phenoxy) is 2. The van der Waals surface area contributed by atoms with Crippen LogP contribution in [-0.2, 0) is 16.2 Å². The highest BCUT2D eigenvalue weighted by molar-refractivity contribution is 9.10. The third-order valence-corrected chi connectivity index (χ3v) is 7.72. The standard InChI is InChI=1S/C33H29BrN2O5/c1-5-40-29-17-22(15-26-31(37)35-33(39)36(32(26)38)24-13-11-19(2)21(4)14-24)16-28(34)30(29)41-18-27-20(3)10-12-23-8-6-7-9-25(23)27/h6-17H,5,18H2,1-4H3,(H,35,37,39)/b26-15+. The van der Waals surface area contributed by atoms with Gasteiger partial charge in [0, 0.05) is 5.56 Å². The van der Waals surface area contributed by atoms with Crippen LogP contribution in [0.2, 0.25) is 0 Å². The van der Waals surface area contributed by atoms with Crippen molar-refractivity contribution in [3.05, 3.63) is 105 Å². The van der Waals surface area contributed by atoms with Gasteiger partial charge < -0.3 is 9.47 Å². The Morgan fingerprint density at radius 1 is 0.878 bits per heavy atom. The van der Waals surface area contributed by atoms with E-state index in [2.05, 4.69) is 52.4 Å². The molecule has 0 aliphatic carbocycles. The summed E-state index contributed by atoms with van der Waals surface area (Å²) in [5.41, 5.74) is 4.88. The van der Waals surface area contributed by atoms with Gasteiger partial charge in [0.1, 0.15) is 12.2 Å². The molecule has 4 amide bonds. The molecule has 0 atom stereocenters. The maximum Gasteiger partial charge on any atom is 0.335 e. The van der Waals surface area contributed by atoms with Gasteiger partial charge in [0.05, 0.1) is 16.8 Å².